The van der Waals surface area contributed by atoms with Crippen LogP contribution in [-0.4, -0.2) is 4.92 Å². The van der Waals surface area contributed by atoms with Crippen molar-refractivity contribution in [3.63, 3.8) is 0 Å². The number of rotatable bonds is 2. The van der Waals surface area contributed by atoms with Gasteiger partial charge in [0.1, 0.15) is 0 Å². The van der Waals surface area contributed by atoms with Crippen LogP contribution in [0.15, 0.2) is 16.6 Å². The summed E-state index contributed by atoms with van der Waals surface area (Å²) in [5.41, 5.74) is 1.38. The van der Waals surface area contributed by atoms with E-state index in [1.165, 1.54) is 6.07 Å². The van der Waals surface area contributed by atoms with Gasteiger partial charge in [0.05, 0.1) is 4.92 Å². The van der Waals surface area contributed by atoms with E-state index in [4.69, 9.17) is 0 Å². The van der Waals surface area contributed by atoms with Crippen molar-refractivity contribution in [2.45, 2.75) is 5.33 Å². The monoisotopic (exact) mass is 306 g/mol. The first kappa shape index (κ1) is 10.7. The van der Waals surface area contributed by atoms with Gasteiger partial charge < -0.3 is 0 Å². The van der Waals surface area contributed by atoms with Crippen molar-refractivity contribution in [1.82, 2.24) is 0 Å². The molecule has 5 heteroatoms. The molecule has 1 radical (unpaired) electrons. The quantitative estimate of drug-likeness (QED) is 0.477. The van der Waals surface area contributed by atoms with Gasteiger partial charge in [-0.25, -0.2) is 0 Å². The first-order chi connectivity index (χ1) is 6.06. The van der Waals surface area contributed by atoms with Crippen LogP contribution in [0.5, 0.6) is 0 Å². The van der Waals surface area contributed by atoms with Crippen LogP contribution < -0.4 is 0 Å². The van der Waals surface area contributed by atoms with Crippen molar-refractivity contribution < 1.29 is 4.92 Å². The Morgan fingerprint density at radius 1 is 1.54 bits per heavy atom. The number of nitro groups is 1. The molecule has 0 saturated heterocycles. The Kier molecular flexibility index (Phi) is 3.44. The van der Waals surface area contributed by atoms with Crippen LogP contribution in [-0.2, 0) is 5.33 Å². The zero-order valence-corrected chi connectivity index (χ0v) is 9.76. The summed E-state index contributed by atoms with van der Waals surface area (Å²) in [6.45, 7) is 3.73. The highest BCUT2D eigenvalue weighted by Crippen LogP contribution is 2.28. The van der Waals surface area contributed by atoms with Crippen LogP contribution in [0.3, 0.4) is 0 Å². The predicted molar refractivity (Wildman–Crippen MR) is 57.9 cm³/mol. The molecule has 0 amide bonds. The number of nitrogens with zero attached hydrogens (tertiary/aromatic N) is 1. The second-order valence-corrected chi connectivity index (χ2v) is 3.93. The molecule has 1 aromatic carbocycles. The number of alkyl halides is 1. The van der Waals surface area contributed by atoms with E-state index >= 15 is 0 Å². The molecule has 69 valence electrons. The number of hydrogen-bond acceptors (Lipinski definition) is 2. The molecule has 13 heavy (non-hydrogen) atoms. The normalized spacial score (nSPS) is 10.1. The van der Waals surface area contributed by atoms with Gasteiger partial charge in [0.25, 0.3) is 5.69 Å². The third-order valence-electron chi connectivity index (χ3n) is 1.61. The smallest absolute Gasteiger partial charge is 0.258 e. The Balaban J connectivity index is 3.38. The Morgan fingerprint density at radius 2 is 2.15 bits per heavy atom. The molecule has 1 rings (SSSR count). The molecule has 0 atom stereocenters. The SMILES string of the molecule is [CH2]c1cc(Br)cc([N+](=O)[O-])c1CBr. The van der Waals surface area contributed by atoms with Gasteiger partial charge in [0.2, 0.25) is 0 Å². The molecule has 0 aromatic heterocycles. The third kappa shape index (κ3) is 2.28. The van der Waals surface area contributed by atoms with Crippen LogP contribution in [0.4, 0.5) is 5.69 Å². The van der Waals surface area contributed by atoms with E-state index in [1.807, 2.05) is 0 Å². The highest BCUT2D eigenvalue weighted by molar-refractivity contribution is 9.10. The second kappa shape index (κ2) is 4.19. The zero-order valence-electron chi connectivity index (χ0n) is 6.59. The van der Waals surface area contributed by atoms with Crippen molar-refractivity contribution in [1.29, 1.82) is 0 Å². The van der Waals surface area contributed by atoms with E-state index in [-0.39, 0.29) is 5.69 Å². The van der Waals surface area contributed by atoms with Crippen molar-refractivity contribution >= 4 is 37.5 Å². The lowest BCUT2D eigenvalue weighted by Gasteiger charge is -2.03. The summed E-state index contributed by atoms with van der Waals surface area (Å²) in [5, 5.41) is 11.1. The Hall–Kier alpha value is -0.420. The van der Waals surface area contributed by atoms with Gasteiger partial charge in [0, 0.05) is 21.4 Å². The molecule has 0 spiro atoms. The molecule has 0 aliphatic carbocycles. The lowest BCUT2D eigenvalue weighted by Crippen LogP contribution is -1.96. The maximum Gasteiger partial charge on any atom is 0.274 e. The van der Waals surface area contributed by atoms with Crippen molar-refractivity contribution in [3.8, 4) is 0 Å². The molecule has 3 nitrogen and oxygen atoms in total. The van der Waals surface area contributed by atoms with Gasteiger partial charge in [-0.15, -0.1) is 0 Å². The van der Waals surface area contributed by atoms with Gasteiger partial charge in [-0.05, 0) is 18.6 Å². The van der Waals surface area contributed by atoms with Gasteiger partial charge in [0.15, 0.2) is 0 Å². The molecule has 0 N–H and O–H groups in total. The van der Waals surface area contributed by atoms with Gasteiger partial charge in [-0.2, -0.15) is 0 Å². The maximum atomic E-state index is 10.6. The number of hydrogen-bond donors (Lipinski definition) is 0. The Morgan fingerprint density at radius 3 is 2.62 bits per heavy atom. The molecule has 0 unspecified atom stereocenters. The van der Waals surface area contributed by atoms with Gasteiger partial charge in [-0.3, -0.25) is 10.1 Å². The van der Waals surface area contributed by atoms with Gasteiger partial charge in [-0.1, -0.05) is 31.9 Å². The van der Waals surface area contributed by atoms with E-state index in [1.54, 1.807) is 6.07 Å². The minimum atomic E-state index is -0.407. The molecule has 0 bridgehead atoms. The standard InChI is InChI=1S/C8H6Br2NO2/c1-5-2-6(10)3-8(11(12)13)7(5)4-9/h2-3H,1,4H2. The summed E-state index contributed by atoms with van der Waals surface area (Å²) >= 11 is 6.38. The minimum absolute atomic E-state index is 0.0938. The fourth-order valence-corrected chi connectivity index (χ4v) is 2.14. The first-order valence-corrected chi connectivity index (χ1v) is 5.32. The van der Waals surface area contributed by atoms with E-state index in [2.05, 4.69) is 38.8 Å². The van der Waals surface area contributed by atoms with Crippen LogP contribution in [0.2, 0.25) is 0 Å². The zero-order chi connectivity index (χ0) is 10.0. The highest BCUT2D eigenvalue weighted by Gasteiger charge is 2.15. The van der Waals surface area contributed by atoms with Crippen molar-refractivity contribution in [2.24, 2.45) is 0 Å². The summed E-state index contributed by atoms with van der Waals surface area (Å²) in [7, 11) is 0. The molecule has 0 heterocycles. The highest BCUT2D eigenvalue weighted by atomic mass is 79.9. The third-order valence-corrected chi connectivity index (χ3v) is 2.63. The molecule has 0 saturated carbocycles. The Bertz CT molecular complexity index is 352. The lowest BCUT2D eigenvalue weighted by atomic mass is 10.1. The van der Waals surface area contributed by atoms with Crippen LogP contribution in [0.1, 0.15) is 11.1 Å². The molecule has 0 fully saturated rings. The van der Waals surface area contributed by atoms with E-state index in [0.29, 0.717) is 20.9 Å². The number of nitro benzene ring substituents is 1. The predicted octanol–water partition coefficient (Wildman–Crippen LogP) is 3.43. The fourth-order valence-electron chi connectivity index (χ4n) is 0.995. The summed E-state index contributed by atoms with van der Waals surface area (Å²) in [6, 6.07) is 3.23. The van der Waals surface area contributed by atoms with Crippen LogP contribution in [0, 0.1) is 17.0 Å². The summed E-state index contributed by atoms with van der Waals surface area (Å²) in [5.74, 6) is 0. The largest absolute Gasteiger partial charge is 0.274 e. The average Bonchev–Trinajstić information content (AvgIpc) is 2.02. The topological polar surface area (TPSA) is 43.1 Å². The fraction of sp³-hybridized carbons (Fsp3) is 0.125. The van der Waals surface area contributed by atoms with Crippen LogP contribution >= 0.6 is 31.9 Å². The molecular formula is C8H6Br2NO2. The molecule has 0 aliphatic heterocycles. The van der Waals surface area contributed by atoms with E-state index in [9.17, 15) is 10.1 Å². The van der Waals surface area contributed by atoms with Crippen molar-refractivity contribution in [3.05, 3.63) is 44.8 Å². The first-order valence-electron chi connectivity index (χ1n) is 3.41. The Labute approximate surface area is 92.5 Å². The summed E-state index contributed by atoms with van der Waals surface area (Å²) < 4.78 is 0.675. The lowest BCUT2D eigenvalue weighted by molar-refractivity contribution is -0.385. The maximum absolute atomic E-state index is 10.6. The number of halogens is 2. The average molecular weight is 308 g/mol. The molecule has 1 aromatic rings. The van der Waals surface area contributed by atoms with Crippen molar-refractivity contribution in [2.75, 3.05) is 0 Å². The van der Waals surface area contributed by atoms with Crippen LogP contribution in [0.25, 0.3) is 0 Å². The molecule has 0 aliphatic rings. The molecular weight excluding hydrogens is 302 g/mol. The second-order valence-electron chi connectivity index (χ2n) is 2.45. The van der Waals surface area contributed by atoms with Gasteiger partial charge >= 0.3 is 0 Å². The summed E-state index contributed by atoms with van der Waals surface area (Å²) in [6.07, 6.45) is 0. The van der Waals surface area contributed by atoms with E-state index in [0.717, 1.165) is 0 Å². The minimum Gasteiger partial charge on any atom is -0.258 e. The number of benzene rings is 1. The van der Waals surface area contributed by atoms with E-state index < -0.39 is 4.92 Å². The summed E-state index contributed by atoms with van der Waals surface area (Å²) in [4.78, 5) is 10.2.